The van der Waals surface area contributed by atoms with E-state index in [1.807, 2.05) is 13.8 Å². The van der Waals surface area contributed by atoms with Crippen LogP contribution in [0.2, 0.25) is 5.02 Å². The van der Waals surface area contributed by atoms with Crippen LogP contribution in [0.1, 0.15) is 31.4 Å². The van der Waals surface area contributed by atoms with Crippen molar-refractivity contribution >= 4 is 39.1 Å². The first-order chi connectivity index (χ1) is 18.0. The van der Waals surface area contributed by atoms with Crippen molar-refractivity contribution in [3.8, 4) is 0 Å². The van der Waals surface area contributed by atoms with Crippen LogP contribution in [0.3, 0.4) is 0 Å². The van der Waals surface area contributed by atoms with Crippen molar-refractivity contribution in [2.24, 2.45) is 0 Å². The van der Waals surface area contributed by atoms with E-state index in [1.165, 1.54) is 54.3 Å². The number of carbonyl (C=O) groups excluding carboxylic acids is 2. The average molecular weight is 560 g/mol. The molecule has 202 valence electrons. The van der Waals surface area contributed by atoms with Crippen LogP contribution in [-0.4, -0.2) is 44.3 Å². The summed E-state index contributed by atoms with van der Waals surface area (Å²) in [5.74, 6) is -1.64. The maximum absolute atomic E-state index is 14.5. The molecule has 2 amide bonds. The molecule has 0 unspecified atom stereocenters. The zero-order chi connectivity index (χ0) is 27.9. The van der Waals surface area contributed by atoms with Crippen molar-refractivity contribution in [3.63, 3.8) is 0 Å². The lowest BCUT2D eigenvalue weighted by Gasteiger charge is -2.32. The van der Waals surface area contributed by atoms with Crippen molar-refractivity contribution in [1.29, 1.82) is 0 Å². The van der Waals surface area contributed by atoms with Gasteiger partial charge in [0, 0.05) is 23.7 Å². The second-order valence-electron chi connectivity index (χ2n) is 8.88. The Kier molecular flexibility index (Phi) is 9.88. The highest BCUT2D eigenvalue weighted by Gasteiger charge is 2.32. The molecule has 1 N–H and O–H groups in total. The van der Waals surface area contributed by atoms with Gasteiger partial charge in [0.25, 0.3) is 10.0 Å². The van der Waals surface area contributed by atoms with E-state index in [-0.39, 0.29) is 27.7 Å². The van der Waals surface area contributed by atoms with Gasteiger partial charge in [0.15, 0.2) is 0 Å². The SMILES string of the molecule is CCCNC(=O)[C@@H](C)N(Cc1ccccc1F)C(=O)CN(c1cccc(Cl)c1)S(=O)(=O)c1ccc(C)cc1. The summed E-state index contributed by atoms with van der Waals surface area (Å²) in [4.78, 5) is 27.8. The van der Waals surface area contributed by atoms with Gasteiger partial charge in [0.1, 0.15) is 18.4 Å². The number of sulfonamides is 1. The maximum atomic E-state index is 14.5. The molecule has 3 aromatic rings. The van der Waals surface area contributed by atoms with Crippen LogP contribution in [-0.2, 0) is 26.2 Å². The Bertz CT molecular complexity index is 1380. The predicted octanol–water partition coefficient (Wildman–Crippen LogP) is 4.93. The topological polar surface area (TPSA) is 86.8 Å². The summed E-state index contributed by atoms with van der Waals surface area (Å²) < 4.78 is 43.0. The van der Waals surface area contributed by atoms with Crippen molar-refractivity contribution in [1.82, 2.24) is 10.2 Å². The third-order valence-corrected chi connectivity index (χ3v) is 8.02. The predicted molar refractivity (Wildman–Crippen MR) is 147 cm³/mol. The largest absolute Gasteiger partial charge is 0.354 e. The molecular formula is C28H31ClFN3O4S. The van der Waals surface area contributed by atoms with Crippen molar-refractivity contribution in [2.45, 2.75) is 44.7 Å². The van der Waals surface area contributed by atoms with E-state index < -0.39 is 40.2 Å². The van der Waals surface area contributed by atoms with Crippen LogP contribution in [0.25, 0.3) is 0 Å². The van der Waals surface area contributed by atoms with Crippen molar-refractivity contribution in [2.75, 3.05) is 17.4 Å². The number of anilines is 1. The second-order valence-corrected chi connectivity index (χ2v) is 11.2. The molecule has 0 saturated heterocycles. The molecule has 0 aliphatic heterocycles. The Morgan fingerprint density at radius 3 is 2.34 bits per heavy atom. The number of nitrogens with one attached hydrogen (secondary N) is 1. The number of aryl methyl sites for hydroxylation is 1. The van der Waals surface area contributed by atoms with Gasteiger partial charge < -0.3 is 10.2 Å². The first-order valence-corrected chi connectivity index (χ1v) is 14.0. The molecule has 0 bridgehead atoms. The molecule has 3 rings (SSSR count). The molecular weight excluding hydrogens is 529 g/mol. The second kappa shape index (κ2) is 12.9. The van der Waals surface area contributed by atoms with Gasteiger partial charge >= 0.3 is 0 Å². The number of carbonyl (C=O) groups is 2. The minimum absolute atomic E-state index is 0.00901. The summed E-state index contributed by atoms with van der Waals surface area (Å²) in [6, 6.07) is 17.3. The van der Waals surface area contributed by atoms with Crippen LogP contribution in [0.15, 0.2) is 77.7 Å². The standard InChI is InChI=1S/C28H31ClFN3O4S/c1-4-16-31-28(35)21(3)32(18-22-8-5-6-11-26(22)30)27(34)19-33(24-10-7-9-23(29)17-24)38(36,37)25-14-12-20(2)13-15-25/h5-15,17,21H,4,16,18-19H2,1-3H3,(H,31,35)/t21-/m1/s1. The Labute approximate surface area is 228 Å². The highest BCUT2D eigenvalue weighted by molar-refractivity contribution is 7.92. The lowest BCUT2D eigenvalue weighted by atomic mass is 10.1. The van der Waals surface area contributed by atoms with E-state index >= 15 is 0 Å². The van der Waals surface area contributed by atoms with Gasteiger partial charge in [-0.3, -0.25) is 13.9 Å². The summed E-state index contributed by atoms with van der Waals surface area (Å²) >= 11 is 6.16. The molecule has 0 aliphatic rings. The van der Waals surface area contributed by atoms with Gasteiger partial charge in [-0.1, -0.05) is 60.5 Å². The van der Waals surface area contributed by atoms with Gasteiger partial charge in [0.05, 0.1) is 10.6 Å². The minimum atomic E-state index is -4.20. The molecule has 0 spiro atoms. The number of halogens is 2. The lowest BCUT2D eigenvalue weighted by molar-refractivity contribution is -0.139. The van der Waals surface area contributed by atoms with Gasteiger partial charge in [-0.25, -0.2) is 12.8 Å². The molecule has 3 aromatic carbocycles. The number of hydrogen-bond donors (Lipinski definition) is 1. The van der Waals surface area contributed by atoms with E-state index in [9.17, 15) is 22.4 Å². The number of nitrogens with zero attached hydrogens (tertiary/aromatic N) is 2. The smallest absolute Gasteiger partial charge is 0.264 e. The zero-order valence-electron chi connectivity index (χ0n) is 21.5. The van der Waals surface area contributed by atoms with Crippen LogP contribution < -0.4 is 9.62 Å². The Balaban J connectivity index is 2.03. The summed E-state index contributed by atoms with van der Waals surface area (Å²) in [7, 11) is -4.20. The molecule has 7 nitrogen and oxygen atoms in total. The highest BCUT2D eigenvalue weighted by Crippen LogP contribution is 2.27. The average Bonchev–Trinajstić information content (AvgIpc) is 2.89. The van der Waals surface area contributed by atoms with Gasteiger partial charge in [-0.15, -0.1) is 0 Å². The molecule has 0 radical (unpaired) electrons. The van der Waals surface area contributed by atoms with E-state index in [0.717, 1.165) is 9.87 Å². The zero-order valence-corrected chi connectivity index (χ0v) is 23.1. The molecule has 0 heterocycles. The van der Waals surface area contributed by atoms with E-state index in [2.05, 4.69) is 5.32 Å². The van der Waals surface area contributed by atoms with Crippen LogP contribution in [0, 0.1) is 12.7 Å². The number of rotatable bonds is 11. The molecule has 38 heavy (non-hydrogen) atoms. The Morgan fingerprint density at radius 1 is 1.03 bits per heavy atom. The fourth-order valence-corrected chi connectivity index (χ4v) is 5.38. The van der Waals surface area contributed by atoms with Crippen molar-refractivity contribution in [3.05, 3.63) is 94.8 Å². The van der Waals surface area contributed by atoms with E-state index in [1.54, 1.807) is 30.3 Å². The van der Waals surface area contributed by atoms with Gasteiger partial charge in [-0.2, -0.15) is 0 Å². The minimum Gasteiger partial charge on any atom is -0.354 e. The molecule has 1 atom stereocenters. The summed E-state index contributed by atoms with van der Waals surface area (Å²) in [5.41, 5.74) is 1.25. The normalized spacial score (nSPS) is 12.0. The third kappa shape index (κ3) is 7.11. The molecule has 0 aliphatic carbocycles. The summed E-state index contributed by atoms with van der Waals surface area (Å²) in [5, 5.41) is 3.03. The fourth-order valence-electron chi connectivity index (χ4n) is 3.79. The van der Waals surface area contributed by atoms with Gasteiger partial charge in [-0.05, 0) is 56.7 Å². The molecule has 10 heteroatoms. The maximum Gasteiger partial charge on any atom is 0.264 e. The van der Waals surface area contributed by atoms with E-state index in [0.29, 0.717) is 13.0 Å². The third-order valence-electron chi connectivity index (χ3n) is 6.00. The highest BCUT2D eigenvalue weighted by atomic mass is 35.5. The number of hydrogen-bond acceptors (Lipinski definition) is 4. The monoisotopic (exact) mass is 559 g/mol. The van der Waals surface area contributed by atoms with Crippen LogP contribution in [0.4, 0.5) is 10.1 Å². The molecule has 0 fully saturated rings. The van der Waals surface area contributed by atoms with Gasteiger partial charge in [0.2, 0.25) is 11.8 Å². The number of amides is 2. The lowest BCUT2D eigenvalue weighted by Crippen LogP contribution is -2.51. The first-order valence-electron chi connectivity index (χ1n) is 12.2. The Morgan fingerprint density at radius 2 is 1.71 bits per heavy atom. The molecule has 0 aromatic heterocycles. The van der Waals surface area contributed by atoms with Crippen LogP contribution >= 0.6 is 11.6 Å². The van der Waals surface area contributed by atoms with E-state index in [4.69, 9.17) is 11.6 Å². The molecule has 0 saturated carbocycles. The van der Waals surface area contributed by atoms with Crippen LogP contribution in [0.5, 0.6) is 0 Å². The number of benzene rings is 3. The first kappa shape index (κ1) is 29.1. The Hall–Kier alpha value is -3.43. The summed E-state index contributed by atoms with van der Waals surface area (Å²) in [6.07, 6.45) is 0.692. The fraction of sp³-hybridized carbons (Fsp3) is 0.286. The van der Waals surface area contributed by atoms with Crippen molar-refractivity contribution < 1.29 is 22.4 Å². The quantitative estimate of drug-likeness (QED) is 0.361. The summed E-state index contributed by atoms with van der Waals surface area (Å²) in [6.45, 7) is 4.81.